The molecule has 1 heterocycles. The molecule has 0 spiro atoms. The van der Waals surface area contributed by atoms with E-state index in [9.17, 15) is 14.7 Å². The number of hydrazine groups is 1. The predicted octanol–water partition coefficient (Wildman–Crippen LogP) is 0.790. The van der Waals surface area contributed by atoms with E-state index in [0.717, 1.165) is 0 Å². The molecule has 4 aliphatic rings. The number of carbonyl (C=O) groups excluding carboxylic acids is 2. The summed E-state index contributed by atoms with van der Waals surface area (Å²) < 4.78 is 5.51. The Kier molecular flexibility index (Phi) is 6.35. The molecule has 9 nitrogen and oxygen atoms in total. The lowest BCUT2D eigenvalue weighted by Gasteiger charge is -2.56. The fourth-order valence-electron chi connectivity index (χ4n) is 4.71. The summed E-state index contributed by atoms with van der Waals surface area (Å²) in [7, 11) is 0. The van der Waals surface area contributed by atoms with Gasteiger partial charge in [0.05, 0.1) is 27.9 Å². The van der Waals surface area contributed by atoms with Crippen LogP contribution in [0.15, 0.2) is 18.2 Å². The lowest BCUT2D eigenvalue weighted by atomic mass is 9.60. The van der Waals surface area contributed by atoms with Gasteiger partial charge in [0.1, 0.15) is 5.75 Å². The van der Waals surface area contributed by atoms with Crippen molar-refractivity contribution >= 4 is 35.0 Å². The topological polar surface area (TPSA) is 124 Å². The monoisotopic (exact) mass is 471 g/mol. The Morgan fingerprint density at radius 3 is 2.52 bits per heavy atom. The quantitative estimate of drug-likeness (QED) is 0.362. The van der Waals surface area contributed by atoms with E-state index >= 15 is 0 Å². The number of fused-ring (bicyclic) bond motifs is 3. The number of ether oxygens (including phenoxy) is 1. The second kappa shape index (κ2) is 8.73. The van der Waals surface area contributed by atoms with E-state index in [1.54, 1.807) is 18.2 Å². The summed E-state index contributed by atoms with van der Waals surface area (Å²) in [6.45, 7) is 1.71. The van der Waals surface area contributed by atoms with Crippen molar-refractivity contribution in [1.29, 1.82) is 0 Å². The minimum atomic E-state index is -0.759. The van der Waals surface area contributed by atoms with E-state index in [4.69, 9.17) is 27.9 Å². The highest BCUT2D eigenvalue weighted by Gasteiger charge is 2.55. The van der Waals surface area contributed by atoms with E-state index < -0.39 is 23.3 Å². The van der Waals surface area contributed by atoms with Gasteiger partial charge in [-0.05, 0) is 51.2 Å². The standard InChI is InChI=1S/C20H27Cl2N5O4/c1-11-23-17(27-26-11)18(30)25-19-4-6-20(7-5-19,15(28)9-19)24-16(29)10-31-12-2-3-13(21)14(22)8-12/h2-3,8,11,15,17,23,26-28H,4-7,9-10H2,1H3,(H,24,29)(H,25,30)/t11?,15-,17?,19?,20?/m0/s1. The van der Waals surface area contributed by atoms with Gasteiger partial charge in [-0.3, -0.25) is 14.9 Å². The Hall–Kier alpha value is -1.62. The summed E-state index contributed by atoms with van der Waals surface area (Å²) in [5.74, 6) is -0.0324. The normalized spacial score (nSPS) is 34.4. The van der Waals surface area contributed by atoms with Gasteiger partial charge in [-0.1, -0.05) is 23.2 Å². The van der Waals surface area contributed by atoms with E-state index in [2.05, 4.69) is 26.8 Å². The Labute approximate surface area is 190 Å². The van der Waals surface area contributed by atoms with E-state index in [0.29, 0.717) is 47.9 Å². The number of aliphatic hydroxyl groups excluding tert-OH is 1. The maximum atomic E-state index is 12.6. The van der Waals surface area contributed by atoms with Crippen LogP contribution >= 0.6 is 23.2 Å². The lowest BCUT2D eigenvalue weighted by molar-refractivity contribution is -0.137. The first-order valence-corrected chi connectivity index (χ1v) is 11.1. The maximum absolute atomic E-state index is 12.6. The number of aliphatic hydroxyl groups is 1. The zero-order chi connectivity index (χ0) is 22.2. The van der Waals surface area contributed by atoms with Crippen LogP contribution in [-0.2, 0) is 9.59 Å². The SMILES string of the molecule is CC1NNC(C(=O)NC23CCC(NC(=O)COc4ccc(Cl)c(Cl)c4)(CC2)[C@@H](O)C3)N1. The second-order valence-corrected chi connectivity index (χ2v) is 9.48. The summed E-state index contributed by atoms with van der Waals surface area (Å²) in [5, 5.41) is 20.8. The molecule has 170 valence electrons. The number of rotatable bonds is 6. The first-order valence-electron chi connectivity index (χ1n) is 10.4. The zero-order valence-corrected chi connectivity index (χ0v) is 18.6. The van der Waals surface area contributed by atoms with Crippen molar-refractivity contribution in [1.82, 2.24) is 26.8 Å². The van der Waals surface area contributed by atoms with Crippen LogP contribution in [0.25, 0.3) is 0 Å². The van der Waals surface area contributed by atoms with Crippen molar-refractivity contribution in [2.75, 3.05) is 6.61 Å². The van der Waals surface area contributed by atoms with Crippen molar-refractivity contribution < 1.29 is 19.4 Å². The number of amides is 2. The van der Waals surface area contributed by atoms with Crippen molar-refractivity contribution in [3.8, 4) is 5.75 Å². The van der Waals surface area contributed by atoms with Gasteiger partial charge in [-0.2, -0.15) is 0 Å². The second-order valence-electron chi connectivity index (χ2n) is 8.67. The number of benzene rings is 1. The molecule has 0 aromatic heterocycles. The number of hydrogen-bond acceptors (Lipinski definition) is 7. The van der Waals surface area contributed by atoms with Crippen LogP contribution in [-0.4, -0.2) is 53.0 Å². The first-order chi connectivity index (χ1) is 14.7. The molecule has 11 heteroatoms. The van der Waals surface area contributed by atoms with Crippen molar-refractivity contribution in [2.45, 2.75) is 68.5 Å². The van der Waals surface area contributed by atoms with Crippen LogP contribution in [0.5, 0.6) is 5.75 Å². The summed E-state index contributed by atoms with van der Waals surface area (Å²) in [6.07, 6.45) is 1.62. The van der Waals surface area contributed by atoms with Crippen LogP contribution < -0.4 is 31.5 Å². The third-order valence-corrected chi connectivity index (χ3v) is 7.22. The van der Waals surface area contributed by atoms with Crippen molar-refractivity contribution in [3.05, 3.63) is 28.2 Å². The Morgan fingerprint density at radius 1 is 1.16 bits per heavy atom. The minimum Gasteiger partial charge on any atom is -0.484 e. The molecule has 4 fully saturated rings. The molecular formula is C20H27Cl2N5O4. The number of halogens is 2. The molecule has 5 rings (SSSR count). The van der Waals surface area contributed by atoms with Gasteiger partial charge < -0.3 is 20.5 Å². The Morgan fingerprint density at radius 2 is 1.90 bits per heavy atom. The molecule has 2 unspecified atom stereocenters. The molecule has 1 aromatic carbocycles. The fraction of sp³-hybridized carbons (Fsp3) is 0.600. The molecule has 1 saturated heterocycles. The largest absolute Gasteiger partial charge is 0.484 e. The molecule has 3 saturated carbocycles. The lowest BCUT2D eigenvalue weighted by Crippen LogP contribution is -2.71. The van der Waals surface area contributed by atoms with Gasteiger partial charge >= 0.3 is 0 Å². The molecular weight excluding hydrogens is 445 g/mol. The third kappa shape index (κ3) is 4.76. The molecule has 3 aliphatic carbocycles. The zero-order valence-electron chi connectivity index (χ0n) is 17.1. The molecule has 1 aliphatic heterocycles. The van der Waals surface area contributed by atoms with Crippen LogP contribution in [0.2, 0.25) is 10.0 Å². The van der Waals surface area contributed by atoms with Gasteiger partial charge in [0.2, 0.25) is 0 Å². The smallest absolute Gasteiger partial charge is 0.258 e. The van der Waals surface area contributed by atoms with Crippen LogP contribution in [0.1, 0.15) is 39.0 Å². The van der Waals surface area contributed by atoms with Gasteiger partial charge in [0.25, 0.3) is 11.8 Å². The number of carbonyl (C=O) groups is 2. The number of hydrogen-bond donors (Lipinski definition) is 6. The summed E-state index contributed by atoms with van der Waals surface area (Å²) in [4.78, 5) is 25.1. The van der Waals surface area contributed by atoms with E-state index in [1.807, 2.05) is 6.92 Å². The molecule has 0 radical (unpaired) electrons. The van der Waals surface area contributed by atoms with E-state index in [1.165, 1.54) is 0 Å². The van der Waals surface area contributed by atoms with Gasteiger partial charge in [0.15, 0.2) is 12.8 Å². The summed E-state index contributed by atoms with van der Waals surface area (Å²) >= 11 is 11.8. The van der Waals surface area contributed by atoms with Crippen LogP contribution in [0.4, 0.5) is 0 Å². The third-order valence-electron chi connectivity index (χ3n) is 6.48. The summed E-state index contributed by atoms with van der Waals surface area (Å²) in [5.41, 5.74) is 4.69. The minimum absolute atomic E-state index is 0.00877. The van der Waals surface area contributed by atoms with E-state index in [-0.39, 0.29) is 24.6 Å². The molecule has 31 heavy (non-hydrogen) atoms. The highest BCUT2D eigenvalue weighted by atomic mass is 35.5. The summed E-state index contributed by atoms with van der Waals surface area (Å²) in [6, 6.07) is 4.78. The predicted molar refractivity (Wildman–Crippen MR) is 115 cm³/mol. The molecule has 3 atom stereocenters. The van der Waals surface area contributed by atoms with Crippen LogP contribution in [0, 0.1) is 0 Å². The van der Waals surface area contributed by atoms with Crippen molar-refractivity contribution in [2.24, 2.45) is 0 Å². The molecule has 2 bridgehead atoms. The highest BCUT2D eigenvalue weighted by Crippen LogP contribution is 2.47. The highest BCUT2D eigenvalue weighted by molar-refractivity contribution is 6.42. The average molecular weight is 472 g/mol. The first kappa shape index (κ1) is 22.6. The Bertz CT molecular complexity index is 862. The average Bonchev–Trinajstić information content (AvgIpc) is 3.17. The molecule has 1 aromatic rings. The maximum Gasteiger partial charge on any atom is 0.258 e. The van der Waals surface area contributed by atoms with Gasteiger partial charge in [-0.25, -0.2) is 10.9 Å². The van der Waals surface area contributed by atoms with Gasteiger partial charge in [0, 0.05) is 11.6 Å². The molecule has 2 amide bonds. The van der Waals surface area contributed by atoms with Gasteiger partial charge in [-0.15, -0.1) is 0 Å². The fourth-order valence-corrected chi connectivity index (χ4v) is 5.00. The van der Waals surface area contributed by atoms with Crippen molar-refractivity contribution in [3.63, 3.8) is 0 Å². The molecule has 6 N–H and O–H groups in total. The number of nitrogens with one attached hydrogen (secondary N) is 5. The van der Waals surface area contributed by atoms with Crippen LogP contribution in [0.3, 0.4) is 0 Å². The Balaban J connectivity index is 1.31.